The zero-order valence-corrected chi connectivity index (χ0v) is 54.2. The Labute approximate surface area is 493 Å². The lowest BCUT2D eigenvalue weighted by atomic mass is 10.0. The molecule has 0 heterocycles. The highest BCUT2D eigenvalue weighted by Gasteiger charge is 2.20. The molecule has 0 saturated carbocycles. The summed E-state index contributed by atoms with van der Waals surface area (Å²) in [6.07, 6.45) is 93.4. The topological polar surface area (TPSA) is 69.6 Å². The molecular weight excluding hydrogens is 951 g/mol. The van der Waals surface area contributed by atoms with Crippen molar-refractivity contribution in [1.82, 2.24) is 5.32 Å². The molecule has 0 aromatic rings. The van der Waals surface area contributed by atoms with Crippen molar-refractivity contribution in [2.45, 2.75) is 463 Å². The van der Waals surface area contributed by atoms with Gasteiger partial charge in [-0.2, -0.15) is 0 Å². The van der Waals surface area contributed by atoms with E-state index in [9.17, 15) is 15.0 Å². The highest BCUT2D eigenvalue weighted by molar-refractivity contribution is 5.76. The number of unbranched alkanes of at least 4 members (excludes halogenated alkanes) is 64. The van der Waals surface area contributed by atoms with E-state index in [0.717, 1.165) is 25.7 Å². The Morgan fingerprint density at radius 2 is 0.410 bits per heavy atom. The minimum absolute atomic E-state index is 0.0186. The summed E-state index contributed by atoms with van der Waals surface area (Å²) in [5, 5.41) is 23.5. The van der Waals surface area contributed by atoms with E-state index < -0.39 is 12.1 Å². The number of hydrogen-bond acceptors (Lipinski definition) is 3. The zero-order chi connectivity index (χ0) is 56.2. The second kappa shape index (κ2) is 70.7. The molecule has 4 nitrogen and oxygen atoms in total. The summed E-state index contributed by atoms with van der Waals surface area (Å²) >= 11 is 0. The number of aliphatic hydroxyl groups is 2. The average Bonchev–Trinajstić information content (AvgIpc) is 3.44. The van der Waals surface area contributed by atoms with Gasteiger partial charge in [0, 0.05) is 6.42 Å². The number of amides is 1. The monoisotopic (exact) mass is 1100 g/mol. The molecule has 468 valence electrons. The molecule has 0 aliphatic carbocycles. The maximum Gasteiger partial charge on any atom is 0.220 e. The fourth-order valence-corrected chi connectivity index (χ4v) is 12.5. The van der Waals surface area contributed by atoms with Gasteiger partial charge in [0.15, 0.2) is 0 Å². The fourth-order valence-electron chi connectivity index (χ4n) is 12.5. The fraction of sp³-hybridized carbons (Fsp3) is 0.986. The van der Waals surface area contributed by atoms with E-state index >= 15 is 0 Å². The molecule has 0 saturated heterocycles. The molecule has 2 atom stereocenters. The maximum atomic E-state index is 12.6. The lowest BCUT2D eigenvalue weighted by molar-refractivity contribution is -0.123. The van der Waals surface area contributed by atoms with Crippen LogP contribution in [0.25, 0.3) is 0 Å². The van der Waals surface area contributed by atoms with E-state index in [4.69, 9.17) is 0 Å². The van der Waals surface area contributed by atoms with Crippen LogP contribution in [0.1, 0.15) is 450 Å². The van der Waals surface area contributed by atoms with Gasteiger partial charge >= 0.3 is 0 Å². The normalized spacial score (nSPS) is 12.5. The van der Waals surface area contributed by atoms with Crippen LogP contribution in [-0.2, 0) is 4.79 Å². The molecule has 0 aliphatic heterocycles. The number of carbonyl (C=O) groups is 1. The van der Waals surface area contributed by atoms with Gasteiger partial charge in [-0.15, -0.1) is 0 Å². The summed E-state index contributed by atoms with van der Waals surface area (Å²) in [7, 11) is 0. The molecule has 0 rings (SSSR count). The van der Waals surface area contributed by atoms with Crippen LogP contribution >= 0.6 is 0 Å². The largest absolute Gasteiger partial charge is 0.394 e. The SMILES string of the molecule is CCCCCCCCCCCCCCCCCCCCCCCCCCCCCCCCCCCCCCCCC(=O)NC(CO)C(O)CCCCCCCCCCCCCCCCCCCCCCCCCCCCCC. The third-order valence-corrected chi connectivity index (χ3v) is 18.1. The van der Waals surface area contributed by atoms with Crippen LogP contribution < -0.4 is 5.32 Å². The molecule has 0 bridgehead atoms. The lowest BCUT2D eigenvalue weighted by Gasteiger charge is -2.22. The summed E-state index contributed by atoms with van der Waals surface area (Å²) in [4.78, 5) is 12.6. The van der Waals surface area contributed by atoms with Crippen LogP contribution in [0.15, 0.2) is 0 Å². The summed E-state index contributed by atoms with van der Waals surface area (Å²) in [6, 6.07) is -0.533. The minimum atomic E-state index is -0.657. The predicted octanol–water partition coefficient (Wildman–Crippen LogP) is 25.4. The molecule has 0 aliphatic rings. The molecular formula is C74H149NO3. The molecule has 0 fully saturated rings. The van der Waals surface area contributed by atoms with E-state index in [0.29, 0.717) is 12.8 Å². The first-order valence-electron chi connectivity index (χ1n) is 37.2. The van der Waals surface area contributed by atoms with Crippen LogP contribution in [0.3, 0.4) is 0 Å². The van der Waals surface area contributed by atoms with Crippen molar-refractivity contribution in [2.75, 3.05) is 6.61 Å². The maximum absolute atomic E-state index is 12.6. The Hall–Kier alpha value is -0.610. The molecule has 3 N–H and O–H groups in total. The standard InChI is InChI=1S/C74H149NO3/c1-3-5-7-9-11-13-15-17-19-21-23-25-27-29-31-33-34-35-36-37-38-39-40-41-42-44-46-48-50-52-54-56-58-60-62-64-66-68-70-74(78)75-72(71-76)73(77)69-67-65-63-61-59-57-55-53-51-49-47-45-43-32-30-28-26-24-22-20-18-16-14-12-10-8-6-4-2/h72-73,76-77H,3-71H2,1-2H3,(H,75,78). The molecule has 4 heteroatoms. The van der Waals surface area contributed by atoms with Gasteiger partial charge < -0.3 is 15.5 Å². The first-order valence-corrected chi connectivity index (χ1v) is 37.2. The highest BCUT2D eigenvalue weighted by Crippen LogP contribution is 2.21. The summed E-state index contributed by atoms with van der Waals surface area (Å²) in [6.45, 7) is 4.42. The first-order chi connectivity index (χ1) is 38.7. The number of rotatable bonds is 71. The van der Waals surface area contributed by atoms with Crippen LogP contribution in [-0.4, -0.2) is 34.9 Å². The second-order valence-electron chi connectivity index (χ2n) is 26.1. The van der Waals surface area contributed by atoms with Gasteiger partial charge in [0.2, 0.25) is 5.91 Å². The molecule has 0 aromatic carbocycles. The van der Waals surface area contributed by atoms with Gasteiger partial charge in [0.05, 0.1) is 18.8 Å². The number of nitrogens with one attached hydrogen (secondary N) is 1. The predicted molar refractivity (Wildman–Crippen MR) is 350 cm³/mol. The number of hydrogen-bond donors (Lipinski definition) is 3. The summed E-state index contributed by atoms with van der Waals surface area (Å²) < 4.78 is 0. The Bertz CT molecular complexity index is 1060. The van der Waals surface area contributed by atoms with Gasteiger partial charge in [-0.1, -0.05) is 431 Å². The quantitative estimate of drug-likeness (QED) is 0.0532. The van der Waals surface area contributed by atoms with E-state index in [1.165, 1.54) is 398 Å². The van der Waals surface area contributed by atoms with Crippen molar-refractivity contribution in [3.05, 3.63) is 0 Å². The zero-order valence-electron chi connectivity index (χ0n) is 54.2. The van der Waals surface area contributed by atoms with Gasteiger partial charge in [-0.25, -0.2) is 0 Å². The smallest absolute Gasteiger partial charge is 0.220 e. The van der Waals surface area contributed by atoms with E-state index in [1.807, 2.05) is 0 Å². The van der Waals surface area contributed by atoms with Crippen LogP contribution in [0.5, 0.6) is 0 Å². The average molecular weight is 1100 g/mol. The van der Waals surface area contributed by atoms with Crippen molar-refractivity contribution in [1.29, 1.82) is 0 Å². The van der Waals surface area contributed by atoms with Crippen molar-refractivity contribution in [2.24, 2.45) is 0 Å². The summed E-state index contributed by atoms with van der Waals surface area (Å²) in [5.74, 6) is -0.0186. The lowest BCUT2D eigenvalue weighted by Crippen LogP contribution is -2.45. The number of carbonyl (C=O) groups excluding carboxylic acids is 1. The van der Waals surface area contributed by atoms with E-state index in [1.54, 1.807) is 0 Å². The van der Waals surface area contributed by atoms with Gasteiger partial charge in [-0.05, 0) is 12.8 Å². The molecule has 0 aromatic heterocycles. The van der Waals surface area contributed by atoms with Crippen molar-refractivity contribution in [3.8, 4) is 0 Å². The van der Waals surface area contributed by atoms with Crippen LogP contribution in [0, 0.1) is 0 Å². The third-order valence-electron chi connectivity index (χ3n) is 18.1. The number of aliphatic hydroxyl groups excluding tert-OH is 2. The van der Waals surface area contributed by atoms with Crippen LogP contribution in [0.4, 0.5) is 0 Å². The van der Waals surface area contributed by atoms with Crippen molar-refractivity contribution < 1.29 is 15.0 Å². The van der Waals surface area contributed by atoms with E-state index in [2.05, 4.69) is 19.2 Å². The first kappa shape index (κ1) is 77.4. The molecule has 78 heavy (non-hydrogen) atoms. The Kier molecular flexibility index (Phi) is 70.1. The van der Waals surface area contributed by atoms with Crippen molar-refractivity contribution >= 4 is 5.91 Å². The molecule has 2 unspecified atom stereocenters. The summed E-state index contributed by atoms with van der Waals surface area (Å²) in [5.41, 5.74) is 0. The van der Waals surface area contributed by atoms with Crippen molar-refractivity contribution in [3.63, 3.8) is 0 Å². The molecule has 1 amide bonds. The van der Waals surface area contributed by atoms with E-state index in [-0.39, 0.29) is 12.5 Å². The van der Waals surface area contributed by atoms with Crippen LogP contribution in [0.2, 0.25) is 0 Å². The van der Waals surface area contributed by atoms with Gasteiger partial charge in [-0.3, -0.25) is 4.79 Å². The third kappa shape index (κ3) is 66.2. The molecule has 0 radical (unpaired) electrons. The van der Waals surface area contributed by atoms with Gasteiger partial charge in [0.25, 0.3) is 0 Å². The second-order valence-corrected chi connectivity index (χ2v) is 26.1. The van der Waals surface area contributed by atoms with Gasteiger partial charge in [0.1, 0.15) is 0 Å². The Morgan fingerprint density at radius 1 is 0.256 bits per heavy atom. The molecule has 0 spiro atoms. The highest BCUT2D eigenvalue weighted by atomic mass is 16.3. The Morgan fingerprint density at radius 3 is 0.577 bits per heavy atom. The minimum Gasteiger partial charge on any atom is -0.394 e. The Balaban J connectivity index is 3.33.